The molecule has 150 valence electrons. The Morgan fingerprint density at radius 3 is 2.90 bits per heavy atom. The van der Waals surface area contributed by atoms with Crippen molar-refractivity contribution in [3.05, 3.63) is 46.2 Å². The summed E-state index contributed by atoms with van der Waals surface area (Å²) < 4.78 is 0.852. The van der Waals surface area contributed by atoms with Gasteiger partial charge >= 0.3 is 0 Å². The topological polar surface area (TPSA) is 94.0 Å². The fourth-order valence-corrected chi connectivity index (χ4v) is 5.25. The van der Waals surface area contributed by atoms with Crippen molar-refractivity contribution in [1.82, 2.24) is 15.0 Å². The molecule has 29 heavy (non-hydrogen) atoms. The molecule has 1 aliphatic heterocycles. The monoisotopic (exact) mass is 452 g/mol. The molecule has 1 aliphatic carbocycles. The SMILES string of the molecule is Nc1nc2cc(CCC3CCC(N4CCc5c(N)ncnc54)C3)ccc2cc1Br. The highest BCUT2D eigenvalue weighted by Gasteiger charge is 2.34. The zero-order valence-electron chi connectivity index (χ0n) is 16.3. The molecule has 5 rings (SSSR count). The molecule has 1 saturated carbocycles. The Labute approximate surface area is 178 Å². The summed E-state index contributed by atoms with van der Waals surface area (Å²) in [5.41, 5.74) is 15.4. The summed E-state index contributed by atoms with van der Waals surface area (Å²) in [7, 11) is 0. The number of anilines is 3. The Bertz CT molecular complexity index is 1070. The molecule has 1 aromatic carbocycles. The molecule has 7 heteroatoms. The van der Waals surface area contributed by atoms with Gasteiger partial charge in [-0.15, -0.1) is 0 Å². The lowest BCUT2D eigenvalue weighted by atomic mass is 9.97. The molecule has 0 radical (unpaired) electrons. The molecule has 1 fully saturated rings. The molecule has 4 N–H and O–H groups in total. The Kier molecular flexibility index (Phi) is 4.78. The molecule has 0 amide bonds. The summed E-state index contributed by atoms with van der Waals surface area (Å²) in [4.78, 5) is 15.6. The predicted octanol–water partition coefficient (Wildman–Crippen LogP) is 4.12. The van der Waals surface area contributed by atoms with Crippen LogP contribution in [0.15, 0.2) is 35.1 Å². The molecule has 2 atom stereocenters. The Morgan fingerprint density at radius 1 is 1.10 bits per heavy atom. The second kappa shape index (κ2) is 7.44. The molecular weight excluding hydrogens is 428 g/mol. The highest BCUT2D eigenvalue weighted by Crippen LogP contribution is 2.38. The first-order chi connectivity index (χ1) is 14.1. The van der Waals surface area contributed by atoms with E-state index in [9.17, 15) is 0 Å². The third-order valence-electron chi connectivity index (χ3n) is 6.49. The van der Waals surface area contributed by atoms with Crippen molar-refractivity contribution >= 4 is 44.3 Å². The van der Waals surface area contributed by atoms with Crippen molar-refractivity contribution in [1.29, 1.82) is 0 Å². The number of nitrogen functional groups attached to an aromatic ring is 2. The molecular formula is C22H25BrN6. The van der Waals surface area contributed by atoms with Crippen LogP contribution < -0.4 is 16.4 Å². The van der Waals surface area contributed by atoms with Gasteiger partial charge in [0.1, 0.15) is 23.8 Å². The molecule has 0 saturated heterocycles. The molecule has 3 heterocycles. The highest BCUT2D eigenvalue weighted by atomic mass is 79.9. The van der Waals surface area contributed by atoms with E-state index in [2.05, 4.69) is 54.0 Å². The summed E-state index contributed by atoms with van der Waals surface area (Å²) >= 11 is 3.45. The van der Waals surface area contributed by atoms with Crippen LogP contribution in [0.5, 0.6) is 0 Å². The summed E-state index contributed by atoms with van der Waals surface area (Å²) in [6, 6.07) is 9.15. The number of nitrogens with two attached hydrogens (primary N) is 2. The molecule has 6 nitrogen and oxygen atoms in total. The van der Waals surface area contributed by atoms with Crippen LogP contribution in [0.4, 0.5) is 17.5 Å². The molecule has 2 aliphatic rings. The molecule has 0 spiro atoms. The summed E-state index contributed by atoms with van der Waals surface area (Å²) in [5.74, 6) is 3.00. The van der Waals surface area contributed by atoms with E-state index in [0.29, 0.717) is 17.7 Å². The third kappa shape index (κ3) is 3.52. The number of hydrogen-bond donors (Lipinski definition) is 2. The Morgan fingerprint density at radius 2 is 2.00 bits per heavy atom. The van der Waals surface area contributed by atoms with Gasteiger partial charge in [0.05, 0.1) is 9.99 Å². The van der Waals surface area contributed by atoms with Crippen LogP contribution in [-0.2, 0) is 12.8 Å². The zero-order chi connectivity index (χ0) is 20.0. The van der Waals surface area contributed by atoms with Crippen molar-refractivity contribution in [2.75, 3.05) is 22.9 Å². The van der Waals surface area contributed by atoms with Gasteiger partial charge in [-0.1, -0.05) is 12.1 Å². The lowest BCUT2D eigenvalue weighted by molar-refractivity contribution is 0.489. The number of pyridine rings is 1. The first-order valence-corrected chi connectivity index (χ1v) is 11.1. The van der Waals surface area contributed by atoms with Crippen molar-refractivity contribution in [3.8, 4) is 0 Å². The van der Waals surface area contributed by atoms with Crippen molar-refractivity contribution < 1.29 is 0 Å². The van der Waals surface area contributed by atoms with Crippen LogP contribution in [0.3, 0.4) is 0 Å². The number of fused-ring (bicyclic) bond motifs is 2. The largest absolute Gasteiger partial charge is 0.383 e. The van der Waals surface area contributed by atoms with Crippen LogP contribution in [-0.4, -0.2) is 27.5 Å². The Balaban J connectivity index is 1.23. The van der Waals surface area contributed by atoms with Crippen LogP contribution >= 0.6 is 15.9 Å². The fraction of sp³-hybridized carbons (Fsp3) is 0.409. The van der Waals surface area contributed by atoms with Gasteiger partial charge in [0.2, 0.25) is 0 Å². The number of halogens is 1. The van der Waals surface area contributed by atoms with Crippen LogP contribution in [0.1, 0.15) is 36.8 Å². The normalized spacial score (nSPS) is 21.1. The second-order valence-corrected chi connectivity index (χ2v) is 9.11. The van der Waals surface area contributed by atoms with E-state index < -0.39 is 0 Å². The van der Waals surface area contributed by atoms with E-state index in [1.165, 1.54) is 31.2 Å². The first-order valence-electron chi connectivity index (χ1n) is 10.3. The first kappa shape index (κ1) is 18.6. The van der Waals surface area contributed by atoms with E-state index in [0.717, 1.165) is 52.1 Å². The van der Waals surface area contributed by atoms with Gasteiger partial charge < -0.3 is 16.4 Å². The van der Waals surface area contributed by atoms with Gasteiger partial charge in [0.25, 0.3) is 0 Å². The van der Waals surface area contributed by atoms with Crippen molar-refractivity contribution in [2.24, 2.45) is 5.92 Å². The summed E-state index contributed by atoms with van der Waals surface area (Å²) in [5, 5.41) is 1.12. The maximum Gasteiger partial charge on any atom is 0.138 e. The average molecular weight is 453 g/mol. The number of hydrogen-bond acceptors (Lipinski definition) is 6. The minimum Gasteiger partial charge on any atom is -0.383 e. The van der Waals surface area contributed by atoms with Crippen molar-refractivity contribution in [3.63, 3.8) is 0 Å². The van der Waals surface area contributed by atoms with E-state index >= 15 is 0 Å². The van der Waals surface area contributed by atoms with Crippen LogP contribution in [0.2, 0.25) is 0 Å². The smallest absolute Gasteiger partial charge is 0.138 e. The van der Waals surface area contributed by atoms with Gasteiger partial charge in [-0.25, -0.2) is 15.0 Å². The van der Waals surface area contributed by atoms with Crippen LogP contribution in [0.25, 0.3) is 10.9 Å². The molecule has 2 unspecified atom stereocenters. The number of nitrogens with zero attached hydrogens (tertiary/aromatic N) is 4. The molecule has 2 aromatic heterocycles. The van der Waals surface area contributed by atoms with Gasteiger partial charge in [0, 0.05) is 23.5 Å². The average Bonchev–Trinajstić information content (AvgIpc) is 3.35. The number of benzene rings is 1. The number of aromatic nitrogens is 3. The number of aryl methyl sites for hydroxylation is 1. The van der Waals surface area contributed by atoms with E-state index in [4.69, 9.17) is 11.5 Å². The van der Waals surface area contributed by atoms with E-state index in [-0.39, 0.29) is 0 Å². The minimum atomic E-state index is 0.545. The van der Waals surface area contributed by atoms with E-state index in [1.54, 1.807) is 6.33 Å². The number of rotatable bonds is 4. The maximum atomic E-state index is 6.04. The Hall–Kier alpha value is -2.41. The highest BCUT2D eigenvalue weighted by molar-refractivity contribution is 9.10. The zero-order valence-corrected chi connectivity index (χ0v) is 17.9. The molecule has 0 bridgehead atoms. The van der Waals surface area contributed by atoms with Crippen molar-refractivity contribution in [2.45, 2.75) is 44.6 Å². The fourth-order valence-electron chi connectivity index (χ4n) is 4.92. The maximum absolute atomic E-state index is 6.04. The standard InChI is InChI=1S/C22H25BrN6/c23-18-11-15-5-3-14(10-19(15)28-21(18)25)2-1-13-4-6-16(9-13)29-8-7-17-20(24)26-12-27-22(17)29/h3,5,10-13,16H,1-2,4,6-9H2,(H2,25,28)(H2,24,26,27). The van der Waals surface area contributed by atoms with Gasteiger partial charge in [-0.3, -0.25) is 0 Å². The van der Waals surface area contributed by atoms with Gasteiger partial charge in [-0.05, 0) is 78.1 Å². The lowest BCUT2D eigenvalue weighted by Gasteiger charge is -2.26. The second-order valence-electron chi connectivity index (χ2n) is 8.26. The summed E-state index contributed by atoms with van der Waals surface area (Å²) in [6.07, 6.45) is 8.59. The van der Waals surface area contributed by atoms with E-state index in [1.807, 2.05) is 6.07 Å². The van der Waals surface area contributed by atoms with Gasteiger partial charge in [-0.2, -0.15) is 0 Å². The van der Waals surface area contributed by atoms with Gasteiger partial charge in [0.15, 0.2) is 0 Å². The third-order valence-corrected chi connectivity index (χ3v) is 7.12. The summed E-state index contributed by atoms with van der Waals surface area (Å²) in [6.45, 7) is 1.02. The lowest BCUT2D eigenvalue weighted by Crippen LogP contribution is -2.32. The quantitative estimate of drug-likeness (QED) is 0.618. The predicted molar refractivity (Wildman–Crippen MR) is 121 cm³/mol. The van der Waals surface area contributed by atoms with Crippen LogP contribution in [0, 0.1) is 5.92 Å². The molecule has 3 aromatic rings. The minimum absolute atomic E-state index is 0.545.